The minimum atomic E-state index is -0.106. The number of carbonyl (C=O) groups excluding carboxylic acids is 1. The van der Waals surface area contributed by atoms with Gasteiger partial charge in [0.2, 0.25) is 0 Å². The van der Waals surface area contributed by atoms with Gasteiger partial charge in [-0.15, -0.1) is 0 Å². The van der Waals surface area contributed by atoms with Crippen LogP contribution in [0.2, 0.25) is 0 Å². The van der Waals surface area contributed by atoms with Gasteiger partial charge in [-0.2, -0.15) is 5.10 Å². The molecule has 164 valence electrons. The quantitative estimate of drug-likeness (QED) is 0.292. The number of anilines is 1. The molecule has 4 rings (SSSR count). The average molecular weight is 447 g/mol. The second-order valence-corrected chi connectivity index (χ2v) is 8.06. The molecule has 0 aliphatic heterocycles. The van der Waals surface area contributed by atoms with Crippen LogP contribution in [0, 0.1) is 0 Å². The van der Waals surface area contributed by atoms with Crippen molar-refractivity contribution < 1.29 is 4.79 Å². The zero-order chi connectivity index (χ0) is 22.3. The molecule has 8 heteroatoms. The molecule has 0 saturated heterocycles. The summed E-state index contributed by atoms with van der Waals surface area (Å²) in [4.78, 5) is 21.8. The Labute approximate surface area is 191 Å². The lowest BCUT2D eigenvalue weighted by Crippen LogP contribution is -2.27. The summed E-state index contributed by atoms with van der Waals surface area (Å²) in [5.74, 6) is 0.695. The van der Waals surface area contributed by atoms with Crippen LogP contribution in [0.25, 0.3) is 22.2 Å². The van der Waals surface area contributed by atoms with E-state index in [2.05, 4.69) is 44.8 Å². The number of nitrogens with one attached hydrogen (secondary N) is 2. The van der Waals surface area contributed by atoms with E-state index in [1.165, 1.54) is 11.8 Å². The maximum absolute atomic E-state index is 12.6. The van der Waals surface area contributed by atoms with E-state index in [0.717, 1.165) is 40.9 Å². The highest BCUT2D eigenvalue weighted by molar-refractivity contribution is 7.98. The normalized spacial score (nSPS) is 10.9. The number of rotatable bonds is 9. The lowest BCUT2D eigenvalue weighted by atomic mass is 10.0. The van der Waals surface area contributed by atoms with Gasteiger partial charge in [-0.1, -0.05) is 61.2 Å². The van der Waals surface area contributed by atoms with Crippen molar-refractivity contribution in [3.05, 3.63) is 66.4 Å². The van der Waals surface area contributed by atoms with Gasteiger partial charge < -0.3 is 10.6 Å². The zero-order valence-corrected chi connectivity index (χ0v) is 19.0. The van der Waals surface area contributed by atoms with E-state index < -0.39 is 0 Å². The van der Waals surface area contributed by atoms with Gasteiger partial charge in [0.1, 0.15) is 5.82 Å². The van der Waals surface area contributed by atoms with Crippen LogP contribution >= 0.6 is 11.8 Å². The third-order valence-corrected chi connectivity index (χ3v) is 5.61. The first-order valence-electron chi connectivity index (χ1n) is 10.6. The summed E-state index contributed by atoms with van der Waals surface area (Å²) in [5.41, 5.74) is 3.61. The highest BCUT2D eigenvalue weighted by Crippen LogP contribution is 2.23. The number of benzene rings is 2. The highest BCUT2D eigenvalue weighted by atomic mass is 32.2. The second kappa shape index (κ2) is 10.3. The summed E-state index contributed by atoms with van der Waals surface area (Å²) in [5, 5.41) is 12.4. The van der Waals surface area contributed by atoms with Crippen molar-refractivity contribution >= 4 is 34.5 Å². The Balaban J connectivity index is 1.41. The molecule has 2 aromatic heterocycles. The van der Waals surface area contributed by atoms with Crippen LogP contribution in [-0.4, -0.2) is 45.0 Å². The van der Waals surface area contributed by atoms with Crippen molar-refractivity contribution in [3.63, 3.8) is 0 Å². The molecule has 0 saturated carbocycles. The summed E-state index contributed by atoms with van der Waals surface area (Å²) in [7, 11) is 0. The number of hydrogen-bond acceptors (Lipinski definition) is 6. The maximum atomic E-state index is 12.6. The number of fused-ring (bicyclic) bond motifs is 1. The van der Waals surface area contributed by atoms with E-state index in [4.69, 9.17) is 0 Å². The Morgan fingerprint density at radius 1 is 1.00 bits per heavy atom. The van der Waals surface area contributed by atoms with E-state index in [9.17, 15) is 4.79 Å². The van der Waals surface area contributed by atoms with Crippen LogP contribution in [0.4, 0.5) is 5.82 Å². The molecule has 0 atom stereocenters. The van der Waals surface area contributed by atoms with Crippen molar-refractivity contribution in [3.8, 4) is 11.1 Å². The third kappa shape index (κ3) is 4.91. The minimum Gasteiger partial charge on any atom is -0.369 e. The van der Waals surface area contributed by atoms with Gasteiger partial charge in [-0.25, -0.2) is 14.6 Å². The van der Waals surface area contributed by atoms with Crippen molar-refractivity contribution in [2.45, 2.75) is 25.0 Å². The van der Waals surface area contributed by atoms with Crippen LogP contribution < -0.4 is 10.6 Å². The summed E-state index contributed by atoms with van der Waals surface area (Å²) in [6, 6.07) is 17.8. The molecule has 4 aromatic rings. The number of nitrogens with zero attached hydrogens (tertiary/aromatic N) is 4. The minimum absolute atomic E-state index is 0.106. The highest BCUT2D eigenvalue weighted by Gasteiger charge is 2.13. The van der Waals surface area contributed by atoms with Crippen molar-refractivity contribution in [2.75, 3.05) is 24.7 Å². The number of hydrogen-bond donors (Lipinski definition) is 2. The topological polar surface area (TPSA) is 84.7 Å². The molecule has 0 aliphatic carbocycles. The molecule has 0 unspecified atom stereocenters. The van der Waals surface area contributed by atoms with Gasteiger partial charge in [-0.05, 0) is 35.9 Å². The van der Waals surface area contributed by atoms with Crippen molar-refractivity contribution in [2.24, 2.45) is 0 Å². The molecule has 2 N–H and O–H groups in total. The smallest absolute Gasteiger partial charge is 0.251 e. The van der Waals surface area contributed by atoms with Crippen LogP contribution in [0.15, 0.2) is 66.0 Å². The Morgan fingerprint density at radius 2 is 1.75 bits per heavy atom. The molecular weight excluding hydrogens is 420 g/mol. The van der Waals surface area contributed by atoms with Crippen molar-refractivity contribution in [1.82, 2.24) is 25.1 Å². The fraction of sp³-hybridized carbons (Fsp3) is 0.250. The first-order valence-corrected chi connectivity index (χ1v) is 11.9. The summed E-state index contributed by atoms with van der Waals surface area (Å²) >= 11 is 1.50. The Morgan fingerprint density at radius 3 is 2.47 bits per heavy atom. The number of thioether (sulfide) groups is 1. The van der Waals surface area contributed by atoms with Crippen molar-refractivity contribution in [1.29, 1.82) is 0 Å². The van der Waals surface area contributed by atoms with E-state index >= 15 is 0 Å². The molecular formula is C24H26N6OS. The first kappa shape index (κ1) is 21.8. The summed E-state index contributed by atoms with van der Waals surface area (Å²) in [6.45, 7) is 3.92. The predicted octanol–water partition coefficient (Wildman–Crippen LogP) is 4.47. The molecule has 2 heterocycles. The number of aromatic nitrogens is 4. The number of carbonyl (C=O) groups is 1. The molecule has 0 radical (unpaired) electrons. The number of amides is 1. The maximum Gasteiger partial charge on any atom is 0.251 e. The Hall–Kier alpha value is -3.39. The van der Waals surface area contributed by atoms with Gasteiger partial charge in [0.05, 0.1) is 18.1 Å². The standard InChI is InChI=1S/C24H26N6OS/c1-3-13-25-21-20-16-27-30(22(20)29-24(28-21)32-2)15-14-26-23(31)19-11-9-18(10-12-19)17-7-5-4-6-8-17/h4-12,16H,3,13-15H2,1-2H3,(H,26,31)(H,25,28,29). The molecule has 2 aromatic carbocycles. The SMILES string of the molecule is CCCNc1nc(SC)nc2c1cnn2CCNC(=O)c1ccc(-c2ccccc2)cc1. The molecule has 0 bridgehead atoms. The Bertz CT molecular complexity index is 1190. The third-order valence-electron chi connectivity index (χ3n) is 5.06. The fourth-order valence-electron chi connectivity index (χ4n) is 3.39. The fourth-order valence-corrected chi connectivity index (χ4v) is 3.75. The molecule has 1 amide bonds. The second-order valence-electron chi connectivity index (χ2n) is 7.29. The average Bonchev–Trinajstić information content (AvgIpc) is 3.26. The van der Waals surface area contributed by atoms with Gasteiger partial charge in [0.15, 0.2) is 10.8 Å². The zero-order valence-electron chi connectivity index (χ0n) is 18.2. The predicted molar refractivity (Wildman–Crippen MR) is 130 cm³/mol. The van der Waals surface area contributed by atoms with E-state index in [1.54, 1.807) is 6.20 Å². The van der Waals surface area contributed by atoms with Crippen LogP contribution in [0.1, 0.15) is 23.7 Å². The first-order chi connectivity index (χ1) is 15.7. The van der Waals surface area contributed by atoms with Crippen LogP contribution in [0.5, 0.6) is 0 Å². The molecule has 0 fully saturated rings. The molecule has 0 spiro atoms. The van der Waals surface area contributed by atoms with E-state index in [1.807, 2.05) is 53.4 Å². The molecule has 32 heavy (non-hydrogen) atoms. The van der Waals surface area contributed by atoms with Gasteiger partial charge in [0.25, 0.3) is 5.91 Å². The Kier molecular flexibility index (Phi) is 7.01. The lowest BCUT2D eigenvalue weighted by molar-refractivity contribution is 0.0952. The summed E-state index contributed by atoms with van der Waals surface area (Å²) in [6.07, 6.45) is 4.74. The summed E-state index contributed by atoms with van der Waals surface area (Å²) < 4.78 is 1.81. The van der Waals surface area contributed by atoms with Gasteiger partial charge in [0, 0.05) is 18.7 Å². The largest absolute Gasteiger partial charge is 0.369 e. The van der Waals surface area contributed by atoms with Gasteiger partial charge >= 0.3 is 0 Å². The van der Waals surface area contributed by atoms with Crippen LogP contribution in [0.3, 0.4) is 0 Å². The monoisotopic (exact) mass is 446 g/mol. The lowest BCUT2D eigenvalue weighted by Gasteiger charge is -2.09. The molecule has 7 nitrogen and oxygen atoms in total. The molecule has 0 aliphatic rings. The van der Waals surface area contributed by atoms with E-state index in [-0.39, 0.29) is 5.91 Å². The van der Waals surface area contributed by atoms with Crippen LogP contribution in [-0.2, 0) is 6.54 Å². The van der Waals surface area contributed by atoms with E-state index in [0.29, 0.717) is 23.8 Å². The van der Waals surface area contributed by atoms with Gasteiger partial charge in [-0.3, -0.25) is 4.79 Å².